The molecule has 5 nitrogen and oxygen atoms in total. The minimum Gasteiger partial charge on any atom is -0.466 e. The first kappa shape index (κ1) is 18.9. The van der Waals surface area contributed by atoms with Gasteiger partial charge in [0, 0.05) is 36.3 Å². The normalized spacial score (nSPS) is 11.3. The number of nitrogens with zero attached hydrogens (tertiary/aromatic N) is 3. The molecule has 0 aliphatic rings. The molecule has 140 valence electrons. The van der Waals surface area contributed by atoms with Crippen molar-refractivity contribution in [2.24, 2.45) is 0 Å². The number of hydrogen-bond acceptors (Lipinski definition) is 4. The molecule has 0 unspecified atom stereocenters. The Hall–Kier alpha value is -2.86. The van der Waals surface area contributed by atoms with Crippen molar-refractivity contribution in [1.82, 2.24) is 9.78 Å². The number of carbonyl (C=O) groups is 1. The molecule has 3 aromatic rings. The Kier molecular flexibility index (Phi) is 5.46. The second-order valence-corrected chi connectivity index (χ2v) is 6.64. The highest BCUT2D eigenvalue weighted by Crippen LogP contribution is 2.27. The summed E-state index contributed by atoms with van der Waals surface area (Å²) in [5, 5.41) is 5.84. The van der Waals surface area contributed by atoms with Crippen LogP contribution < -0.4 is 4.90 Å². The van der Waals surface area contributed by atoms with Gasteiger partial charge in [-0.1, -0.05) is 17.7 Å². The topological polar surface area (TPSA) is 47.4 Å². The SMILES string of the molecule is COC(=O)C=Cc1nn(Cc2ccc(F)cc2Cl)c2cc(N(C)C)ccc12. The summed E-state index contributed by atoms with van der Waals surface area (Å²) in [5.41, 5.74) is 3.28. The molecule has 0 atom stereocenters. The molecule has 0 aliphatic carbocycles. The van der Waals surface area contributed by atoms with Gasteiger partial charge in [-0.15, -0.1) is 0 Å². The van der Waals surface area contributed by atoms with Crippen molar-refractivity contribution in [2.45, 2.75) is 6.54 Å². The zero-order chi connectivity index (χ0) is 19.6. The summed E-state index contributed by atoms with van der Waals surface area (Å²) < 4.78 is 19.8. The lowest BCUT2D eigenvalue weighted by molar-refractivity contribution is -0.134. The van der Waals surface area contributed by atoms with Gasteiger partial charge in [0.2, 0.25) is 0 Å². The number of methoxy groups -OCH3 is 1. The van der Waals surface area contributed by atoms with E-state index in [0.29, 0.717) is 17.3 Å². The third-order valence-electron chi connectivity index (χ3n) is 4.19. The predicted octanol–water partition coefficient (Wildman–Crippen LogP) is 4.13. The van der Waals surface area contributed by atoms with Crippen molar-refractivity contribution in [1.29, 1.82) is 0 Å². The minimum absolute atomic E-state index is 0.342. The third kappa shape index (κ3) is 4.11. The van der Waals surface area contributed by atoms with Crippen LogP contribution >= 0.6 is 11.6 Å². The maximum absolute atomic E-state index is 13.3. The number of benzene rings is 2. The first-order valence-corrected chi connectivity index (χ1v) is 8.64. The first-order valence-electron chi connectivity index (χ1n) is 8.27. The summed E-state index contributed by atoms with van der Waals surface area (Å²) in [6.07, 6.45) is 2.95. The molecule has 3 rings (SSSR count). The quantitative estimate of drug-likeness (QED) is 0.488. The molecule has 0 amide bonds. The van der Waals surface area contributed by atoms with Crippen LogP contribution in [0.5, 0.6) is 0 Å². The molecule has 2 aromatic carbocycles. The predicted molar refractivity (Wildman–Crippen MR) is 106 cm³/mol. The van der Waals surface area contributed by atoms with E-state index in [1.54, 1.807) is 16.8 Å². The summed E-state index contributed by atoms with van der Waals surface area (Å²) in [6.45, 7) is 0.374. The minimum atomic E-state index is -0.454. The van der Waals surface area contributed by atoms with Crippen LogP contribution in [0.3, 0.4) is 0 Å². The van der Waals surface area contributed by atoms with Gasteiger partial charge in [-0.3, -0.25) is 4.68 Å². The van der Waals surface area contributed by atoms with Crippen LogP contribution in [0.4, 0.5) is 10.1 Å². The second-order valence-electron chi connectivity index (χ2n) is 6.23. The number of fused-ring (bicyclic) bond motifs is 1. The molecule has 0 saturated heterocycles. The molecular formula is C20H19ClFN3O2. The van der Waals surface area contributed by atoms with Gasteiger partial charge in [-0.05, 0) is 42.0 Å². The highest BCUT2D eigenvalue weighted by molar-refractivity contribution is 6.31. The molecule has 0 spiro atoms. The monoisotopic (exact) mass is 387 g/mol. The fourth-order valence-corrected chi connectivity index (χ4v) is 2.96. The average molecular weight is 388 g/mol. The molecule has 27 heavy (non-hydrogen) atoms. The number of hydrogen-bond donors (Lipinski definition) is 0. The van der Waals surface area contributed by atoms with Gasteiger partial charge < -0.3 is 9.64 Å². The van der Waals surface area contributed by atoms with E-state index >= 15 is 0 Å². The van der Waals surface area contributed by atoms with Crippen LogP contribution in [-0.4, -0.2) is 37.0 Å². The van der Waals surface area contributed by atoms with Crippen LogP contribution in [0.25, 0.3) is 17.0 Å². The Morgan fingerprint density at radius 1 is 1.30 bits per heavy atom. The van der Waals surface area contributed by atoms with Crippen molar-refractivity contribution in [3.8, 4) is 0 Å². The second kappa shape index (κ2) is 7.80. The molecule has 1 aromatic heterocycles. The van der Waals surface area contributed by atoms with Gasteiger partial charge in [0.25, 0.3) is 0 Å². The van der Waals surface area contributed by atoms with Crippen molar-refractivity contribution < 1.29 is 13.9 Å². The van der Waals surface area contributed by atoms with E-state index in [2.05, 4.69) is 9.84 Å². The van der Waals surface area contributed by atoms with E-state index in [9.17, 15) is 9.18 Å². The van der Waals surface area contributed by atoms with E-state index < -0.39 is 5.97 Å². The Labute approximate surface area is 161 Å². The van der Waals surface area contributed by atoms with Crippen LogP contribution in [0, 0.1) is 5.82 Å². The summed E-state index contributed by atoms with van der Waals surface area (Å²) in [4.78, 5) is 13.4. The molecule has 0 saturated carbocycles. The van der Waals surface area contributed by atoms with Gasteiger partial charge in [0.05, 0.1) is 24.9 Å². The lowest BCUT2D eigenvalue weighted by Crippen LogP contribution is -2.09. The van der Waals surface area contributed by atoms with Crippen molar-refractivity contribution in [3.63, 3.8) is 0 Å². The summed E-state index contributed by atoms with van der Waals surface area (Å²) >= 11 is 6.18. The summed E-state index contributed by atoms with van der Waals surface area (Å²) in [5.74, 6) is -0.838. The number of aromatic nitrogens is 2. The molecular weight excluding hydrogens is 369 g/mol. The smallest absolute Gasteiger partial charge is 0.330 e. The van der Waals surface area contributed by atoms with Crippen LogP contribution in [-0.2, 0) is 16.1 Å². The Morgan fingerprint density at radius 3 is 2.74 bits per heavy atom. The van der Waals surface area contributed by atoms with E-state index in [-0.39, 0.29) is 5.82 Å². The fourth-order valence-electron chi connectivity index (χ4n) is 2.74. The molecule has 0 bridgehead atoms. The zero-order valence-corrected chi connectivity index (χ0v) is 16.0. The Bertz CT molecular complexity index is 1030. The Balaban J connectivity index is 2.10. The van der Waals surface area contributed by atoms with Gasteiger partial charge in [-0.25, -0.2) is 9.18 Å². The van der Waals surface area contributed by atoms with Crippen LogP contribution in [0.15, 0.2) is 42.5 Å². The number of ether oxygens (including phenoxy) is 1. The van der Waals surface area contributed by atoms with E-state index in [1.807, 2.05) is 37.2 Å². The van der Waals surface area contributed by atoms with Gasteiger partial charge in [0.15, 0.2) is 0 Å². The van der Waals surface area contributed by atoms with Crippen LogP contribution in [0.2, 0.25) is 5.02 Å². The number of rotatable bonds is 5. The van der Waals surface area contributed by atoms with Crippen LogP contribution in [0.1, 0.15) is 11.3 Å². The molecule has 7 heteroatoms. The van der Waals surface area contributed by atoms with Gasteiger partial charge >= 0.3 is 5.97 Å². The van der Waals surface area contributed by atoms with Crippen molar-refractivity contribution >= 4 is 40.2 Å². The van der Waals surface area contributed by atoms with E-state index in [0.717, 1.165) is 22.2 Å². The molecule has 0 aliphatic heterocycles. The lowest BCUT2D eigenvalue weighted by Gasteiger charge is -2.13. The maximum Gasteiger partial charge on any atom is 0.330 e. The molecule has 0 N–H and O–H groups in total. The standard InChI is InChI=1S/C20H19ClFN3O2/c1-24(2)15-6-7-16-18(8-9-20(26)27-3)23-25(19(16)11-15)12-13-4-5-14(22)10-17(13)21/h4-11H,12H2,1-3H3. The molecule has 0 fully saturated rings. The highest BCUT2D eigenvalue weighted by Gasteiger charge is 2.13. The van der Waals surface area contributed by atoms with Gasteiger partial charge in [-0.2, -0.15) is 5.10 Å². The maximum atomic E-state index is 13.3. The lowest BCUT2D eigenvalue weighted by atomic mass is 10.1. The van der Waals surface area contributed by atoms with Gasteiger partial charge in [0.1, 0.15) is 5.82 Å². The first-order chi connectivity index (χ1) is 12.9. The molecule has 1 heterocycles. The van der Waals surface area contributed by atoms with Crippen molar-refractivity contribution in [3.05, 3.63) is 64.6 Å². The highest BCUT2D eigenvalue weighted by atomic mass is 35.5. The fraction of sp³-hybridized carbons (Fsp3) is 0.200. The summed E-state index contributed by atoms with van der Waals surface area (Å²) in [6, 6.07) is 10.2. The number of anilines is 1. The number of carbonyl (C=O) groups excluding carboxylic acids is 1. The van der Waals surface area contributed by atoms with E-state index in [1.165, 1.54) is 25.3 Å². The third-order valence-corrected chi connectivity index (χ3v) is 4.55. The zero-order valence-electron chi connectivity index (χ0n) is 15.2. The van der Waals surface area contributed by atoms with Crippen molar-refractivity contribution in [2.75, 3.05) is 26.1 Å². The molecule has 0 radical (unpaired) electrons. The average Bonchev–Trinajstić information content (AvgIpc) is 2.99. The largest absolute Gasteiger partial charge is 0.466 e. The number of halogens is 2. The van der Waals surface area contributed by atoms with E-state index in [4.69, 9.17) is 11.6 Å². The number of esters is 1. The Morgan fingerprint density at radius 2 is 2.07 bits per heavy atom. The summed E-state index contributed by atoms with van der Waals surface area (Å²) in [7, 11) is 5.23.